The summed E-state index contributed by atoms with van der Waals surface area (Å²) in [4.78, 5) is 17.7. The number of benzene rings is 3. The number of methoxy groups -OCH3 is 1. The first-order valence-electron chi connectivity index (χ1n) is 9.67. The molecular formula is C24H21N3O4. The van der Waals surface area contributed by atoms with E-state index in [-0.39, 0.29) is 17.9 Å². The normalized spacial score (nSPS) is 11.2. The lowest BCUT2D eigenvalue weighted by Crippen LogP contribution is -2.23. The van der Waals surface area contributed by atoms with E-state index in [9.17, 15) is 9.90 Å². The first-order valence-corrected chi connectivity index (χ1v) is 9.67. The smallest absolute Gasteiger partial charge is 0.282 e. The van der Waals surface area contributed by atoms with Crippen LogP contribution in [0.25, 0.3) is 10.9 Å². The monoisotopic (exact) mass is 415 g/mol. The number of phenols is 1. The number of hydrogen-bond acceptors (Lipinski definition) is 6. The SMILES string of the molecule is COc1ccc(O)c(C=Nn2c(COc3ccccc3C)nc3ccccc3c2=O)c1. The lowest BCUT2D eigenvalue weighted by Gasteiger charge is -2.12. The van der Waals surface area contributed by atoms with Gasteiger partial charge in [0.1, 0.15) is 23.9 Å². The van der Waals surface area contributed by atoms with Crippen molar-refractivity contribution in [1.82, 2.24) is 9.66 Å². The molecule has 7 nitrogen and oxygen atoms in total. The minimum absolute atomic E-state index is 0.0176. The number of aromatic nitrogens is 2. The second-order valence-electron chi connectivity index (χ2n) is 6.89. The number of aryl methyl sites for hydroxylation is 1. The van der Waals surface area contributed by atoms with Crippen LogP contribution in [0.5, 0.6) is 17.2 Å². The molecule has 0 aliphatic rings. The highest BCUT2D eigenvalue weighted by Gasteiger charge is 2.12. The summed E-state index contributed by atoms with van der Waals surface area (Å²) in [5.41, 5.74) is 1.62. The van der Waals surface area contributed by atoms with E-state index >= 15 is 0 Å². The van der Waals surface area contributed by atoms with Gasteiger partial charge in [0, 0.05) is 5.56 Å². The van der Waals surface area contributed by atoms with Crippen LogP contribution in [0.1, 0.15) is 17.0 Å². The molecule has 31 heavy (non-hydrogen) atoms. The molecule has 0 aliphatic heterocycles. The Morgan fingerprint density at radius 3 is 2.68 bits per heavy atom. The topological polar surface area (TPSA) is 85.9 Å². The number of nitrogens with zero attached hydrogens (tertiary/aromatic N) is 3. The van der Waals surface area contributed by atoms with E-state index in [0.717, 1.165) is 5.56 Å². The van der Waals surface area contributed by atoms with E-state index in [1.807, 2.05) is 37.3 Å². The number of ether oxygens (including phenoxy) is 2. The van der Waals surface area contributed by atoms with Gasteiger partial charge in [-0.2, -0.15) is 9.78 Å². The quantitative estimate of drug-likeness (QED) is 0.483. The van der Waals surface area contributed by atoms with Gasteiger partial charge in [-0.15, -0.1) is 0 Å². The average Bonchev–Trinajstić information content (AvgIpc) is 2.79. The van der Waals surface area contributed by atoms with Gasteiger partial charge in [-0.1, -0.05) is 30.3 Å². The van der Waals surface area contributed by atoms with Crippen molar-refractivity contribution in [1.29, 1.82) is 0 Å². The van der Waals surface area contributed by atoms with Gasteiger partial charge in [0.05, 0.1) is 24.2 Å². The zero-order valence-electron chi connectivity index (χ0n) is 17.1. The van der Waals surface area contributed by atoms with Crippen LogP contribution < -0.4 is 15.0 Å². The Bertz CT molecular complexity index is 1330. The third-order valence-corrected chi connectivity index (χ3v) is 4.82. The van der Waals surface area contributed by atoms with E-state index < -0.39 is 0 Å². The first-order chi connectivity index (χ1) is 15.1. The van der Waals surface area contributed by atoms with Crippen LogP contribution in [-0.4, -0.2) is 28.1 Å². The van der Waals surface area contributed by atoms with Crippen LogP contribution in [0.3, 0.4) is 0 Å². The van der Waals surface area contributed by atoms with Gasteiger partial charge in [-0.25, -0.2) is 4.98 Å². The van der Waals surface area contributed by atoms with Crippen molar-refractivity contribution in [2.75, 3.05) is 7.11 Å². The standard InChI is InChI=1S/C24H21N3O4/c1-16-7-3-6-10-22(16)31-15-23-26-20-9-5-4-8-19(20)24(29)27(23)25-14-17-13-18(30-2)11-12-21(17)28/h3-14,28H,15H2,1-2H3. The predicted octanol–water partition coefficient (Wildman–Crippen LogP) is 3.88. The van der Waals surface area contributed by atoms with Crippen LogP contribution in [0, 0.1) is 6.92 Å². The van der Waals surface area contributed by atoms with Crippen LogP contribution in [0.2, 0.25) is 0 Å². The van der Waals surface area contributed by atoms with Crippen molar-refractivity contribution in [3.63, 3.8) is 0 Å². The van der Waals surface area contributed by atoms with Crippen LogP contribution in [0.4, 0.5) is 0 Å². The number of rotatable bonds is 6. The molecule has 0 fully saturated rings. The largest absolute Gasteiger partial charge is 0.507 e. The molecule has 0 atom stereocenters. The lowest BCUT2D eigenvalue weighted by atomic mass is 10.2. The summed E-state index contributed by atoms with van der Waals surface area (Å²) >= 11 is 0. The summed E-state index contributed by atoms with van der Waals surface area (Å²) in [5.74, 6) is 1.62. The highest BCUT2D eigenvalue weighted by molar-refractivity contribution is 5.84. The fraction of sp³-hybridized carbons (Fsp3) is 0.125. The molecule has 0 unspecified atom stereocenters. The third kappa shape index (κ3) is 4.25. The zero-order chi connectivity index (χ0) is 21.8. The molecule has 4 aromatic rings. The first kappa shape index (κ1) is 20.2. The van der Waals surface area contributed by atoms with Gasteiger partial charge in [-0.05, 0) is 48.9 Å². The van der Waals surface area contributed by atoms with Crippen molar-refractivity contribution in [3.05, 3.63) is 94.0 Å². The molecule has 3 aromatic carbocycles. The summed E-state index contributed by atoms with van der Waals surface area (Å²) in [6.07, 6.45) is 1.40. The van der Waals surface area contributed by atoms with Crippen molar-refractivity contribution in [3.8, 4) is 17.2 Å². The van der Waals surface area contributed by atoms with Crippen LogP contribution in [-0.2, 0) is 6.61 Å². The summed E-state index contributed by atoms with van der Waals surface area (Å²) in [5, 5.41) is 14.9. The fourth-order valence-corrected chi connectivity index (χ4v) is 3.13. The fourth-order valence-electron chi connectivity index (χ4n) is 3.13. The maximum atomic E-state index is 13.1. The highest BCUT2D eigenvalue weighted by atomic mass is 16.5. The van der Waals surface area contributed by atoms with Crippen molar-refractivity contribution < 1.29 is 14.6 Å². The maximum absolute atomic E-state index is 13.1. The van der Waals surface area contributed by atoms with Crippen LogP contribution in [0.15, 0.2) is 76.6 Å². The minimum Gasteiger partial charge on any atom is -0.507 e. The molecule has 0 spiro atoms. The molecule has 7 heteroatoms. The highest BCUT2D eigenvalue weighted by Crippen LogP contribution is 2.21. The summed E-state index contributed by atoms with van der Waals surface area (Å²) in [6.45, 7) is 1.99. The zero-order valence-corrected chi connectivity index (χ0v) is 17.1. The minimum atomic E-state index is -0.326. The number of para-hydroxylation sites is 2. The Labute approximate surface area is 178 Å². The van der Waals surface area contributed by atoms with Crippen molar-refractivity contribution >= 4 is 17.1 Å². The van der Waals surface area contributed by atoms with Gasteiger partial charge in [0.25, 0.3) is 5.56 Å². The van der Waals surface area contributed by atoms with Gasteiger partial charge in [0.15, 0.2) is 5.82 Å². The van der Waals surface area contributed by atoms with Gasteiger partial charge in [0.2, 0.25) is 0 Å². The number of aromatic hydroxyl groups is 1. The Balaban J connectivity index is 1.77. The van der Waals surface area contributed by atoms with Gasteiger partial charge >= 0.3 is 0 Å². The number of fused-ring (bicyclic) bond motifs is 1. The van der Waals surface area contributed by atoms with E-state index in [1.165, 1.54) is 24.1 Å². The van der Waals surface area contributed by atoms with Gasteiger partial charge in [-0.3, -0.25) is 4.79 Å². The molecule has 0 amide bonds. The molecule has 1 heterocycles. The Morgan fingerprint density at radius 2 is 1.87 bits per heavy atom. The second kappa shape index (κ2) is 8.71. The predicted molar refractivity (Wildman–Crippen MR) is 119 cm³/mol. The number of phenolic OH excluding ortho intramolecular Hbond substituents is 1. The molecule has 1 aromatic heterocycles. The maximum Gasteiger partial charge on any atom is 0.282 e. The molecular weight excluding hydrogens is 394 g/mol. The second-order valence-corrected chi connectivity index (χ2v) is 6.89. The van der Waals surface area contributed by atoms with E-state index in [4.69, 9.17) is 9.47 Å². The summed E-state index contributed by atoms with van der Waals surface area (Å²) < 4.78 is 12.3. The lowest BCUT2D eigenvalue weighted by molar-refractivity contribution is 0.287. The van der Waals surface area contributed by atoms with E-state index in [2.05, 4.69) is 10.1 Å². The third-order valence-electron chi connectivity index (χ3n) is 4.82. The molecule has 0 saturated heterocycles. The Kier molecular flexibility index (Phi) is 5.66. The van der Waals surface area contributed by atoms with Gasteiger partial charge < -0.3 is 14.6 Å². The molecule has 0 aliphatic carbocycles. The molecule has 0 saturated carbocycles. The Hall–Kier alpha value is -4.13. The number of hydrogen-bond donors (Lipinski definition) is 1. The van der Waals surface area contributed by atoms with Crippen molar-refractivity contribution in [2.24, 2.45) is 5.10 Å². The van der Waals surface area contributed by atoms with E-state index in [0.29, 0.717) is 33.8 Å². The summed E-state index contributed by atoms with van der Waals surface area (Å²) in [6, 6.07) is 19.4. The average molecular weight is 415 g/mol. The molecule has 0 radical (unpaired) electrons. The van der Waals surface area contributed by atoms with E-state index in [1.54, 1.807) is 30.3 Å². The van der Waals surface area contributed by atoms with Crippen molar-refractivity contribution in [2.45, 2.75) is 13.5 Å². The molecule has 0 bridgehead atoms. The molecule has 1 N–H and O–H groups in total. The summed E-state index contributed by atoms with van der Waals surface area (Å²) in [7, 11) is 1.53. The molecule has 4 rings (SSSR count). The Morgan fingerprint density at radius 1 is 1.10 bits per heavy atom. The molecule has 156 valence electrons. The van der Waals surface area contributed by atoms with Crippen LogP contribution >= 0.6 is 0 Å².